The van der Waals surface area contributed by atoms with Crippen molar-refractivity contribution in [3.8, 4) is 33.9 Å². The molecule has 0 aliphatic carbocycles. The fourth-order valence-corrected chi connectivity index (χ4v) is 5.21. The van der Waals surface area contributed by atoms with Gasteiger partial charge in [0.15, 0.2) is 11.2 Å². The molecule has 3 aromatic carbocycles. The lowest BCUT2D eigenvalue weighted by Gasteiger charge is -2.21. The topological polar surface area (TPSA) is 119 Å². The normalized spacial score (nSPS) is 11.7. The van der Waals surface area contributed by atoms with Gasteiger partial charge < -0.3 is 14.2 Å². The summed E-state index contributed by atoms with van der Waals surface area (Å²) in [4.78, 5) is 21.5. The van der Waals surface area contributed by atoms with Crippen LogP contribution in [0.15, 0.2) is 81.8 Å². The van der Waals surface area contributed by atoms with Gasteiger partial charge in [-0.15, -0.1) is 0 Å². The van der Waals surface area contributed by atoms with Gasteiger partial charge in [0, 0.05) is 42.9 Å². The van der Waals surface area contributed by atoms with E-state index in [4.69, 9.17) is 8.83 Å². The highest BCUT2D eigenvalue weighted by molar-refractivity contribution is 7.92. The van der Waals surface area contributed by atoms with E-state index in [1.807, 2.05) is 0 Å². The number of anilines is 1. The van der Waals surface area contributed by atoms with Crippen LogP contribution >= 0.6 is 0 Å². The highest BCUT2D eigenvalue weighted by Crippen LogP contribution is 2.42. The number of amides is 1. The summed E-state index contributed by atoms with van der Waals surface area (Å²) in [5, 5.41) is 2.96. The number of rotatable bonds is 6. The SMILES string of the molecule is CNC(=O)c1c(-c2ccc(F)cc2)oc2cc(N(C)S(C)(=O)=O)c(-c3ccc(F)c(-c4nc5ncccc5o4)c3)cc12. The van der Waals surface area contributed by atoms with Crippen LogP contribution in [0.3, 0.4) is 0 Å². The summed E-state index contributed by atoms with van der Waals surface area (Å²) >= 11 is 0. The minimum Gasteiger partial charge on any atom is -0.455 e. The van der Waals surface area contributed by atoms with Crippen molar-refractivity contribution in [2.75, 3.05) is 24.7 Å². The Balaban J connectivity index is 1.63. The van der Waals surface area contributed by atoms with Crippen molar-refractivity contribution in [2.24, 2.45) is 0 Å². The summed E-state index contributed by atoms with van der Waals surface area (Å²) in [7, 11) is -0.929. The first-order chi connectivity index (χ1) is 20.0. The van der Waals surface area contributed by atoms with Gasteiger partial charge in [-0.3, -0.25) is 9.10 Å². The highest BCUT2D eigenvalue weighted by Gasteiger charge is 2.26. The number of sulfonamides is 1. The zero-order chi connectivity index (χ0) is 29.8. The summed E-state index contributed by atoms with van der Waals surface area (Å²) in [5.41, 5.74) is 2.53. The van der Waals surface area contributed by atoms with Gasteiger partial charge in [0.05, 0.1) is 23.1 Å². The summed E-state index contributed by atoms with van der Waals surface area (Å²) in [5.74, 6) is -1.37. The molecular formula is C30H22F2N4O5S. The van der Waals surface area contributed by atoms with E-state index in [-0.39, 0.29) is 34.0 Å². The van der Waals surface area contributed by atoms with Crippen LogP contribution in [0.1, 0.15) is 10.4 Å². The first kappa shape index (κ1) is 27.1. The molecule has 1 amide bonds. The van der Waals surface area contributed by atoms with Crippen LogP contribution in [0.25, 0.3) is 56.1 Å². The largest absolute Gasteiger partial charge is 0.455 e. The maximum absolute atomic E-state index is 15.1. The molecule has 0 radical (unpaired) electrons. The molecule has 6 aromatic rings. The van der Waals surface area contributed by atoms with E-state index in [1.54, 1.807) is 24.4 Å². The monoisotopic (exact) mass is 588 g/mol. The van der Waals surface area contributed by atoms with E-state index >= 15 is 4.39 Å². The first-order valence-corrected chi connectivity index (χ1v) is 14.4. The Morgan fingerprint density at radius 2 is 1.67 bits per heavy atom. The number of pyridine rings is 1. The van der Waals surface area contributed by atoms with Crippen LogP contribution in [0.5, 0.6) is 0 Å². The molecule has 6 rings (SSSR count). The zero-order valence-electron chi connectivity index (χ0n) is 22.5. The molecule has 0 bridgehead atoms. The van der Waals surface area contributed by atoms with Gasteiger partial charge >= 0.3 is 0 Å². The number of carbonyl (C=O) groups excluding carboxylic acids is 1. The third-order valence-electron chi connectivity index (χ3n) is 6.88. The van der Waals surface area contributed by atoms with E-state index in [9.17, 15) is 17.6 Å². The number of aromatic nitrogens is 2. The summed E-state index contributed by atoms with van der Waals surface area (Å²) < 4.78 is 67.0. The van der Waals surface area contributed by atoms with Crippen molar-refractivity contribution in [1.29, 1.82) is 0 Å². The Kier molecular flexibility index (Phi) is 6.49. The number of furan rings is 1. The summed E-state index contributed by atoms with van der Waals surface area (Å²) in [6, 6.07) is 16.1. The number of carbonyl (C=O) groups is 1. The molecule has 12 heteroatoms. The lowest BCUT2D eigenvalue weighted by molar-refractivity contribution is 0.0964. The van der Waals surface area contributed by atoms with E-state index in [1.165, 1.54) is 62.6 Å². The molecule has 3 aromatic heterocycles. The van der Waals surface area contributed by atoms with Crippen LogP contribution in [-0.2, 0) is 10.0 Å². The minimum atomic E-state index is -3.77. The van der Waals surface area contributed by atoms with Gasteiger partial charge in [-0.1, -0.05) is 6.07 Å². The second-order valence-electron chi connectivity index (χ2n) is 9.53. The Morgan fingerprint density at radius 1 is 0.929 bits per heavy atom. The van der Waals surface area contributed by atoms with Gasteiger partial charge in [0.1, 0.15) is 23.0 Å². The maximum atomic E-state index is 15.1. The van der Waals surface area contributed by atoms with Crippen molar-refractivity contribution >= 4 is 43.8 Å². The molecule has 0 spiro atoms. The van der Waals surface area contributed by atoms with Crippen LogP contribution < -0.4 is 9.62 Å². The molecule has 9 nitrogen and oxygen atoms in total. The smallest absolute Gasteiger partial charge is 0.255 e. The second-order valence-corrected chi connectivity index (χ2v) is 11.5. The molecule has 0 unspecified atom stereocenters. The van der Waals surface area contributed by atoms with Crippen molar-refractivity contribution in [1.82, 2.24) is 15.3 Å². The molecule has 0 saturated carbocycles. The van der Waals surface area contributed by atoms with E-state index in [0.29, 0.717) is 33.3 Å². The van der Waals surface area contributed by atoms with Crippen molar-refractivity contribution in [2.45, 2.75) is 0 Å². The van der Waals surface area contributed by atoms with Gasteiger partial charge in [-0.25, -0.2) is 22.2 Å². The van der Waals surface area contributed by atoms with Gasteiger partial charge in [-0.2, -0.15) is 4.98 Å². The van der Waals surface area contributed by atoms with Crippen molar-refractivity contribution in [3.63, 3.8) is 0 Å². The third-order valence-corrected chi connectivity index (χ3v) is 8.07. The first-order valence-electron chi connectivity index (χ1n) is 12.6. The van der Waals surface area contributed by atoms with Gasteiger partial charge in [0.2, 0.25) is 15.9 Å². The van der Waals surface area contributed by atoms with E-state index in [0.717, 1.165) is 10.6 Å². The second kappa shape index (κ2) is 10.1. The zero-order valence-corrected chi connectivity index (χ0v) is 23.3. The number of hydrogen-bond acceptors (Lipinski definition) is 7. The highest BCUT2D eigenvalue weighted by atomic mass is 32.2. The molecule has 212 valence electrons. The summed E-state index contributed by atoms with van der Waals surface area (Å²) in [6.07, 6.45) is 2.59. The van der Waals surface area contributed by atoms with Crippen molar-refractivity contribution in [3.05, 3.63) is 90.1 Å². The van der Waals surface area contributed by atoms with Crippen LogP contribution in [-0.4, -0.2) is 44.6 Å². The average molecular weight is 589 g/mol. The molecule has 0 saturated heterocycles. The Hall–Kier alpha value is -5.10. The van der Waals surface area contributed by atoms with Crippen LogP contribution in [0.4, 0.5) is 14.5 Å². The molecular weight excluding hydrogens is 566 g/mol. The van der Waals surface area contributed by atoms with E-state index in [2.05, 4.69) is 15.3 Å². The quantitative estimate of drug-likeness (QED) is 0.253. The van der Waals surface area contributed by atoms with Crippen molar-refractivity contribution < 1.29 is 30.8 Å². The average Bonchev–Trinajstić information content (AvgIpc) is 3.57. The van der Waals surface area contributed by atoms with Gasteiger partial charge in [0.25, 0.3) is 5.91 Å². The predicted octanol–water partition coefficient (Wildman–Crippen LogP) is 6.00. The number of hydrogen-bond donors (Lipinski definition) is 1. The van der Waals surface area contributed by atoms with Crippen LogP contribution in [0, 0.1) is 11.6 Å². The van der Waals surface area contributed by atoms with E-state index < -0.39 is 27.6 Å². The standard InChI is InChI=1S/C30H22F2N4O5S/c1-33-29(37)26-21-14-19(17-8-11-22(32)20(13-17)30-35-28-24(41-30)5-4-12-34-28)23(36(2)42(3,38)39)15-25(21)40-27(26)16-6-9-18(31)10-7-16/h4-15H,1-3H3,(H,33,37). The molecule has 0 aliphatic heterocycles. The lowest BCUT2D eigenvalue weighted by Crippen LogP contribution is -2.25. The van der Waals surface area contributed by atoms with Gasteiger partial charge in [-0.05, 0) is 60.2 Å². The number of halogens is 2. The predicted molar refractivity (Wildman–Crippen MR) is 154 cm³/mol. The number of benzene rings is 3. The number of oxazole rings is 1. The molecule has 0 aliphatic rings. The maximum Gasteiger partial charge on any atom is 0.255 e. The molecule has 1 N–H and O–H groups in total. The number of nitrogens with one attached hydrogen (secondary N) is 1. The molecule has 0 atom stereocenters. The Morgan fingerprint density at radius 3 is 2.36 bits per heavy atom. The molecule has 3 heterocycles. The fourth-order valence-electron chi connectivity index (χ4n) is 4.70. The number of nitrogens with zero attached hydrogens (tertiary/aromatic N) is 3. The lowest BCUT2D eigenvalue weighted by atomic mass is 9.97. The van der Waals surface area contributed by atoms with Crippen LogP contribution in [0.2, 0.25) is 0 Å². The summed E-state index contributed by atoms with van der Waals surface area (Å²) in [6.45, 7) is 0. The third kappa shape index (κ3) is 4.65. The Labute approximate surface area is 238 Å². The Bertz CT molecular complexity index is 2090. The molecule has 42 heavy (non-hydrogen) atoms. The fraction of sp³-hybridized carbons (Fsp3) is 0.100. The minimum absolute atomic E-state index is 0.00453. The molecule has 0 fully saturated rings. The number of fused-ring (bicyclic) bond motifs is 2.